The quantitative estimate of drug-likeness (QED) is 0.693. The maximum Gasteiger partial charge on any atom is 0.246 e. The van der Waals surface area contributed by atoms with E-state index in [0.29, 0.717) is 18.3 Å². The molecule has 0 aromatic carbocycles. The van der Waals surface area contributed by atoms with Crippen LogP contribution in [0.3, 0.4) is 0 Å². The molecular weight excluding hydrogens is 224 g/mol. The molecule has 0 atom stereocenters. The van der Waals surface area contributed by atoms with Crippen molar-refractivity contribution in [3.63, 3.8) is 0 Å². The highest BCUT2D eigenvalue weighted by Gasteiger charge is 2.09. The minimum absolute atomic E-state index is 0.554. The largest absolute Gasteiger partial charge is 0.337 e. The van der Waals surface area contributed by atoms with Crippen LogP contribution in [0.5, 0.6) is 0 Å². The van der Waals surface area contributed by atoms with E-state index in [-0.39, 0.29) is 0 Å². The molecule has 0 N–H and O–H groups in total. The van der Waals surface area contributed by atoms with Crippen molar-refractivity contribution in [2.24, 2.45) is 0 Å². The van der Waals surface area contributed by atoms with E-state index in [9.17, 15) is 0 Å². The fourth-order valence-electron chi connectivity index (χ4n) is 1.36. The highest BCUT2D eigenvalue weighted by atomic mass is 32.1. The van der Waals surface area contributed by atoms with Crippen LogP contribution in [0.2, 0.25) is 0 Å². The molecule has 0 radical (unpaired) electrons. The summed E-state index contributed by atoms with van der Waals surface area (Å²) in [4.78, 5) is 9.28. The molecule has 6 heteroatoms. The first-order valence-electron chi connectivity index (χ1n) is 4.74. The number of imidazole rings is 1. The lowest BCUT2D eigenvalue weighted by molar-refractivity contribution is 0.371. The van der Waals surface area contributed by atoms with E-state index in [2.05, 4.69) is 15.1 Å². The van der Waals surface area contributed by atoms with Gasteiger partial charge in [0.25, 0.3) is 0 Å². The van der Waals surface area contributed by atoms with Crippen LogP contribution in [0.1, 0.15) is 5.89 Å². The first kappa shape index (κ1) is 9.29. The van der Waals surface area contributed by atoms with Gasteiger partial charge in [-0.3, -0.25) is 0 Å². The monoisotopic (exact) mass is 232 g/mol. The zero-order valence-corrected chi connectivity index (χ0v) is 9.09. The minimum atomic E-state index is 0.554. The van der Waals surface area contributed by atoms with Gasteiger partial charge in [0, 0.05) is 12.4 Å². The van der Waals surface area contributed by atoms with Crippen LogP contribution >= 0.6 is 11.3 Å². The van der Waals surface area contributed by atoms with Gasteiger partial charge in [0.05, 0.1) is 11.2 Å². The van der Waals surface area contributed by atoms with Crippen LogP contribution in [-0.4, -0.2) is 19.7 Å². The Labute approximate surface area is 95.4 Å². The number of thiophene rings is 1. The highest BCUT2D eigenvalue weighted by molar-refractivity contribution is 7.13. The Balaban J connectivity index is 1.83. The molecule has 0 saturated heterocycles. The maximum atomic E-state index is 5.16. The summed E-state index contributed by atoms with van der Waals surface area (Å²) < 4.78 is 7.04. The molecule has 3 aromatic heterocycles. The SMILES string of the molecule is c1csc(-c2noc(Cn3ccnc3)n2)c1. The van der Waals surface area contributed by atoms with Gasteiger partial charge in [0.2, 0.25) is 11.7 Å². The van der Waals surface area contributed by atoms with Crippen molar-refractivity contribution in [3.8, 4) is 10.7 Å². The Morgan fingerprint density at radius 3 is 3.19 bits per heavy atom. The maximum absolute atomic E-state index is 5.16. The summed E-state index contributed by atoms with van der Waals surface area (Å²) in [6.07, 6.45) is 5.29. The third kappa shape index (κ3) is 1.74. The Bertz CT molecular complexity index is 555. The minimum Gasteiger partial charge on any atom is -0.337 e. The second-order valence-corrected chi connectivity index (χ2v) is 4.17. The summed E-state index contributed by atoms with van der Waals surface area (Å²) in [5, 5.41) is 5.92. The molecule has 0 saturated carbocycles. The van der Waals surface area contributed by atoms with E-state index in [0.717, 1.165) is 4.88 Å². The van der Waals surface area contributed by atoms with Gasteiger partial charge in [-0.15, -0.1) is 11.3 Å². The van der Waals surface area contributed by atoms with Crippen LogP contribution in [0.25, 0.3) is 10.7 Å². The van der Waals surface area contributed by atoms with Gasteiger partial charge >= 0.3 is 0 Å². The van der Waals surface area contributed by atoms with Gasteiger partial charge in [-0.25, -0.2) is 4.98 Å². The summed E-state index contributed by atoms with van der Waals surface area (Å²) in [6, 6.07) is 3.93. The van der Waals surface area contributed by atoms with Crippen LogP contribution in [0, 0.1) is 0 Å². The fraction of sp³-hybridized carbons (Fsp3) is 0.100. The smallest absolute Gasteiger partial charge is 0.246 e. The second-order valence-electron chi connectivity index (χ2n) is 3.22. The van der Waals surface area contributed by atoms with Crippen molar-refractivity contribution in [3.05, 3.63) is 42.1 Å². The van der Waals surface area contributed by atoms with Crippen LogP contribution in [0.4, 0.5) is 0 Å². The van der Waals surface area contributed by atoms with Crippen LogP contribution < -0.4 is 0 Å². The molecule has 3 rings (SSSR count). The number of aromatic nitrogens is 4. The van der Waals surface area contributed by atoms with E-state index >= 15 is 0 Å². The Hall–Kier alpha value is -1.95. The van der Waals surface area contributed by atoms with Crippen molar-refractivity contribution in [1.82, 2.24) is 19.7 Å². The molecule has 80 valence electrons. The number of nitrogens with zero attached hydrogens (tertiary/aromatic N) is 4. The fourth-order valence-corrected chi connectivity index (χ4v) is 2.01. The summed E-state index contributed by atoms with van der Waals surface area (Å²) in [5.41, 5.74) is 0. The summed E-state index contributed by atoms with van der Waals surface area (Å²) in [5.74, 6) is 1.23. The lowest BCUT2D eigenvalue weighted by atomic mass is 10.4. The van der Waals surface area contributed by atoms with E-state index in [1.807, 2.05) is 28.3 Å². The zero-order valence-electron chi connectivity index (χ0n) is 8.28. The van der Waals surface area contributed by atoms with Gasteiger partial charge in [-0.1, -0.05) is 11.2 Å². The van der Waals surface area contributed by atoms with E-state index in [1.54, 1.807) is 23.9 Å². The number of rotatable bonds is 3. The zero-order chi connectivity index (χ0) is 10.8. The van der Waals surface area contributed by atoms with E-state index in [4.69, 9.17) is 4.52 Å². The van der Waals surface area contributed by atoms with Crippen molar-refractivity contribution < 1.29 is 4.52 Å². The standard InChI is InChI=1S/C10H8N4OS/c1-2-8(16-5-1)10-12-9(15-13-10)6-14-4-3-11-7-14/h1-5,7H,6H2. The van der Waals surface area contributed by atoms with Crippen LogP contribution in [-0.2, 0) is 6.54 Å². The molecule has 3 aromatic rings. The average Bonchev–Trinajstić information content (AvgIpc) is 2.99. The third-order valence-electron chi connectivity index (χ3n) is 2.09. The topological polar surface area (TPSA) is 56.7 Å². The Morgan fingerprint density at radius 2 is 2.44 bits per heavy atom. The van der Waals surface area contributed by atoms with E-state index < -0.39 is 0 Å². The molecule has 0 bridgehead atoms. The third-order valence-corrected chi connectivity index (χ3v) is 2.95. The molecule has 0 unspecified atom stereocenters. The van der Waals surface area contributed by atoms with Crippen molar-refractivity contribution >= 4 is 11.3 Å². The first-order chi connectivity index (χ1) is 7.92. The molecule has 5 nitrogen and oxygen atoms in total. The summed E-state index contributed by atoms with van der Waals surface area (Å²) in [7, 11) is 0. The van der Waals surface area contributed by atoms with Gasteiger partial charge in [0.15, 0.2) is 0 Å². The lowest BCUT2D eigenvalue weighted by Crippen LogP contribution is -1.96. The summed E-state index contributed by atoms with van der Waals surface area (Å²) in [6.45, 7) is 0.554. The normalized spacial score (nSPS) is 10.8. The molecule has 0 amide bonds. The Kier molecular flexibility index (Phi) is 2.26. The van der Waals surface area contributed by atoms with E-state index in [1.165, 1.54) is 0 Å². The Morgan fingerprint density at radius 1 is 1.44 bits per heavy atom. The highest BCUT2D eigenvalue weighted by Crippen LogP contribution is 2.21. The molecule has 3 heterocycles. The predicted molar refractivity (Wildman–Crippen MR) is 58.9 cm³/mol. The molecule has 16 heavy (non-hydrogen) atoms. The molecular formula is C10H8N4OS. The molecule has 0 spiro atoms. The van der Waals surface area contributed by atoms with Crippen molar-refractivity contribution in [2.45, 2.75) is 6.54 Å². The average molecular weight is 232 g/mol. The number of hydrogen-bond donors (Lipinski definition) is 0. The van der Waals surface area contributed by atoms with Crippen molar-refractivity contribution in [2.75, 3.05) is 0 Å². The second kappa shape index (κ2) is 3.90. The molecule has 0 aliphatic heterocycles. The lowest BCUT2D eigenvalue weighted by Gasteiger charge is -1.93. The first-order valence-corrected chi connectivity index (χ1v) is 5.62. The van der Waals surface area contributed by atoms with Gasteiger partial charge in [-0.05, 0) is 11.4 Å². The van der Waals surface area contributed by atoms with Gasteiger partial charge in [0.1, 0.15) is 6.54 Å². The number of hydrogen-bond acceptors (Lipinski definition) is 5. The molecule has 0 aliphatic rings. The van der Waals surface area contributed by atoms with Crippen LogP contribution in [0.15, 0.2) is 40.8 Å². The van der Waals surface area contributed by atoms with Gasteiger partial charge < -0.3 is 9.09 Å². The van der Waals surface area contributed by atoms with Crippen molar-refractivity contribution in [1.29, 1.82) is 0 Å². The molecule has 0 aliphatic carbocycles. The summed E-state index contributed by atoms with van der Waals surface area (Å²) >= 11 is 1.59. The predicted octanol–water partition coefficient (Wildman–Crippen LogP) is 2.04. The molecule has 0 fully saturated rings. The van der Waals surface area contributed by atoms with Gasteiger partial charge in [-0.2, -0.15) is 4.98 Å².